The van der Waals surface area contributed by atoms with Gasteiger partial charge in [-0.05, 0) is 0 Å². The Kier molecular flexibility index (Phi) is 3.75. The quantitative estimate of drug-likeness (QED) is 0.536. The van der Waals surface area contributed by atoms with E-state index in [4.69, 9.17) is 4.42 Å². The van der Waals surface area contributed by atoms with E-state index < -0.39 is 0 Å². The number of hydrogen-bond acceptors (Lipinski definition) is 6. The van der Waals surface area contributed by atoms with Gasteiger partial charge in [0.25, 0.3) is 5.22 Å². The zero-order valence-corrected chi connectivity index (χ0v) is 8.26. The van der Waals surface area contributed by atoms with Gasteiger partial charge in [-0.15, -0.1) is 10.2 Å². The summed E-state index contributed by atoms with van der Waals surface area (Å²) < 4.78 is 9.56. The molecular formula is C7H10N2O3S. The van der Waals surface area contributed by atoms with Gasteiger partial charge in [0.2, 0.25) is 5.89 Å². The highest BCUT2D eigenvalue weighted by molar-refractivity contribution is 7.99. The standard InChI is InChI=1S/C7H10N2O3S/c1-5-8-9-7(12-5)13-4-3-6(10)11-2/h3-4H2,1-2H3. The summed E-state index contributed by atoms with van der Waals surface area (Å²) in [5.41, 5.74) is 0. The molecule has 0 N–H and O–H groups in total. The molecule has 0 unspecified atom stereocenters. The lowest BCUT2D eigenvalue weighted by molar-refractivity contribution is -0.140. The Labute approximate surface area is 79.9 Å². The monoisotopic (exact) mass is 202 g/mol. The van der Waals surface area contributed by atoms with Crippen LogP contribution in [0.3, 0.4) is 0 Å². The van der Waals surface area contributed by atoms with Crippen molar-refractivity contribution >= 4 is 17.7 Å². The molecule has 1 aromatic heterocycles. The largest absolute Gasteiger partial charge is 0.469 e. The maximum atomic E-state index is 10.7. The molecule has 1 rings (SSSR count). The Hall–Kier alpha value is -1.04. The summed E-state index contributed by atoms with van der Waals surface area (Å²) in [6, 6.07) is 0. The topological polar surface area (TPSA) is 65.2 Å². The van der Waals surface area contributed by atoms with Crippen molar-refractivity contribution in [3.05, 3.63) is 5.89 Å². The average molecular weight is 202 g/mol. The van der Waals surface area contributed by atoms with Crippen LogP contribution in [0.25, 0.3) is 0 Å². The number of thioether (sulfide) groups is 1. The molecule has 0 aromatic carbocycles. The van der Waals surface area contributed by atoms with Crippen molar-refractivity contribution in [2.24, 2.45) is 0 Å². The Morgan fingerprint density at radius 1 is 1.62 bits per heavy atom. The molecule has 0 spiro atoms. The summed E-state index contributed by atoms with van der Waals surface area (Å²) in [4.78, 5) is 10.7. The van der Waals surface area contributed by atoms with Gasteiger partial charge in [-0.3, -0.25) is 4.79 Å². The van der Waals surface area contributed by atoms with Gasteiger partial charge in [-0.1, -0.05) is 11.8 Å². The van der Waals surface area contributed by atoms with Crippen LogP contribution in [0.4, 0.5) is 0 Å². The fourth-order valence-corrected chi connectivity index (χ4v) is 1.38. The third kappa shape index (κ3) is 3.45. The van der Waals surface area contributed by atoms with Crippen LogP contribution < -0.4 is 0 Å². The van der Waals surface area contributed by atoms with Gasteiger partial charge in [0.15, 0.2) is 0 Å². The molecule has 0 saturated heterocycles. The van der Waals surface area contributed by atoms with Crippen molar-refractivity contribution in [3.63, 3.8) is 0 Å². The molecule has 0 saturated carbocycles. The number of carbonyl (C=O) groups excluding carboxylic acids is 1. The molecule has 0 aliphatic carbocycles. The number of hydrogen-bond donors (Lipinski definition) is 0. The van der Waals surface area contributed by atoms with Crippen LogP contribution >= 0.6 is 11.8 Å². The fourth-order valence-electron chi connectivity index (χ4n) is 0.660. The molecule has 0 amide bonds. The number of aromatic nitrogens is 2. The lowest BCUT2D eigenvalue weighted by atomic mass is 10.5. The summed E-state index contributed by atoms with van der Waals surface area (Å²) in [7, 11) is 1.36. The second kappa shape index (κ2) is 4.86. The first kappa shape index (κ1) is 10.0. The smallest absolute Gasteiger partial charge is 0.306 e. The van der Waals surface area contributed by atoms with E-state index in [0.29, 0.717) is 23.3 Å². The number of nitrogens with zero attached hydrogens (tertiary/aromatic N) is 2. The second-order valence-electron chi connectivity index (χ2n) is 2.26. The van der Waals surface area contributed by atoms with Gasteiger partial charge in [0.1, 0.15) is 0 Å². The SMILES string of the molecule is COC(=O)CCSc1nnc(C)o1. The van der Waals surface area contributed by atoms with E-state index in [-0.39, 0.29) is 5.97 Å². The number of rotatable bonds is 4. The Morgan fingerprint density at radius 2 is 2.38 bits per heavy atom. The van der Waals surface area contributed by atoms with Gasteiger partial charge < -0.3 is 9.15 Å². The van der Waals surface area contributed by atoms with Crippen LogP contribution in [0.5, 0.6) is 0 Å². The molecular weight excluding hydrogens is 192 g/mol. The minimum Gasteiger partial charge on any atom is -0.469 e. The van der Waals surface area contributed by atoms with E-state index in [9.17, 15) is 4.79 Å². The van der Waals surface area contributed by atoms with Crippen molar-refractivity contribution in [2.45, 2.75) is 18.6 Å². The van der Waals surface area contributed by atoms with Gasteiger partial charge in [-0.2, -0.15) is 0 Å². The van der Waals surface area contributed by atoms with Crippen molar-refractivity contribution in [1.82, 2.24) is 10.2 Å². The zero-order chi connectivity index (χ0) is 9.68. The molecule has 1 aromatic rings. The van der Waals surface area contributed by atoms with Crippen LogP contribution in [0.15, 0.2) is 9.64 Å². The van der Waals surface area contributed by atoms with Crippen molar-refractivity contribution in [2.75, 3.05) is 12.9 Å². The maximum Gasteiger partial charge on any atom is 0.306 e. The van der Waals surface area contributed by atoms with Crippen molar-refractivity contribution < 1.29 is 13.9 Å². The summed E-state index contributed by atoms with van der Waals surface area (Å²) in [6.07, 6.45) is 0.350. The molecule has 0 aliphatic rings. The lowest BCUT2D eigenvalue weighted by Gasteiger charge is -1.95. The second-order valence-corrected chi connectivity index (χ2v) is 3.31. The fraction of sp³-hybridized carbons (Fsp3) is 0.571. The van der Waals surface area contributed by atoms with Crippen LogP contribution in [0.2, 0.25) is 0 Å². The van der Waals surface area contributed by atoms with Crippen LogP contribution in [0.1, 0.15) is 12.3 Å². The lowest BCUT2D eigenvalue weighted by Crippen LogP contribution is -2.00. The minimum atomic E-state index is -0.233. The molecule has 13 heavy (non-hydrogen) atoms. The normalized spacial score (nSPS) is 10.0. The summed E-state index contributed by atoms with van der Waals surface area (Å²) in [6.45, 7) is 1.72. The molecule has 0 radical (unpaired) electrons. The number of aryl methyl sites for hydroxylation is 1. The van der Waals surface area contributed by atoms with E-state index in [1.807, 2.05) is 0 Å². The summed E-state index contributed by atoms with van der Waals surface area (Å²) in [5.74, 6) is 0.887. The van der Waals surface area contributed by atoms with Crippen molar-refractivity contribution in [3.8, 4) is 0 Å². The predicted molar refractivity (Wildman–Crippen MR) is 46.4 cm³/mol. The first-order chi connectivity index (χ1) is 6.22. The minimum absolute atomic E-state index is 0.233. The molecule has 6 heteroatoms. The zero-order valence-electron chi connectivity index (χ0n) is 7.44. The third-order valence-corrected chi connectivity index (χ3v) is 2.09. The van der Waals surface area contributed by atoms with Gasteiger partial charge in [-0.25, -0.2) is 0 Å². The number of methoxy groups -OCH3 is 1. The summed E-state index contributed by atoms with van der Waals surface area (Å²) >= 11 is 1.34. The van der Waals surface area contributed by atoms with Crippen LogP contribution in [-0.4, -0.2) is 29.0 Å². The first-order valence-electron chi connectivity index (χ1n) is 3.72. The van der Waals surface area contributed by atoms with Gasteiger partial charge >= 0.3 is 5.97 Å². The van der Waals surface area contributed by atoms with Gasteiger partial charge in [0, 0.05) is 12.7 Å². The molecule has 0 bridgehead atoms. The molecule has 0 fully saturated rings. The predicted octanol–water partition coefficient (Wildman–Crippen LogP) is 1.03. The summed E-state index contributed by atoms with van der Waals surface area (Å²) in [5, 5.41) is 7.90. The van der Waals surface area contributed by atoms with E-state index in [1.54, 1.807) is 6.92 Å². The molecule has 5 nitrogen and oxygen atoms in total. The highest BCUT2D eigenvalue weighted by Gasteiger charge is 2.05. The van der Waals surface area contributed by atoms with Gasteiger partial charge in [0.05, 0.1) is 13.5 Å². The van der Waals surface area contributed by atoms with Crippen LogP contribution in [-0.2, 0) is 9.53 Å². The maximum absolute atomic E-state index is 10.7. The third-order valence-electron chi connectivity index (χ3n) is 1.27. The Bertz CT molecular complexity index is 287. The van der Waals surface area contributed by atoms with E-state index in [0.717, 1.165) is 0 Å². The highest BCUT2D eigenvalue weighted by atomic mass is 32.2. The number of carbonyl (C=O) groups is 1. The van der Waals surface area contributed by atoms with Crippen LogP contribution in [0, 0.1) is 6.92 Å². The first-order valence-corrected chi connectivity index (χ1v) is 4.70. The Balaban J connectivity index is 2.24. The number of esters is 1. The molecule has 0 aliphatic heterocycles. The molecule has 1 heterocycles. The van der Waals surface area contributed by atoms with E-state index in [1.165, 1.54) is 18.9 Å². The number of ether oxygens (including phenoxy) is 1. The van der Waals surface area contributed by atoms with E-state index >= 15 is 0 Å². The van der Waals surface area contributed by atoms with Crippen molar-refractivity contribution in [1.29, 1.82) is 0 Å². The highest BCUT2D eigenvalue weighted by Crippen LogP contribution is 2.16. The molecule has 72 valence electrons. The average Bonchev–Trinajstić information content (AvgIpc) is 2.51. The Morgan fingerprint density at radius 3 is 2.92 bits per heavy atom. The molecule has 0 atom stereocenters. The van der Waals surface area contributed by atoms with E-state index in [2.05, 4.69) is 14.9 Å².